The lowest BCUT2D eigenvalue weighted by Gasteiger charge is -2.03. The van der Waals surface area contributed by atoms with Crippen molar-refractivity contribution in [2.24, 2.45) is 10.2 Å². The molecule has 1 fully saturated rings. The smallest absolute Gasteiger partial charge is 0.244 e. The van der Waals surface area contributed by atoms with E-state index < -0.39 is 0 Å². The first-order valence-corrected chi connectivity index (χ1v) is 7.73. The number of hydrogen-bond donors (Lipinski definition) is 2. The predicted octanol–water partition coefficient (Wildman–Crippen LogP) is 2.47. The third kappa shape index (κ3) is 3.22. The summed E-state index contributed by atoms with van der Waals surface area (Å²) in [6.45, 7) is 0. The van der Waals surface area contributed by atoms with Crippen LogP contribution in [0.3, 0.4) is 0 Å². The molecule has 2 heterocycles. The molecule has 1 amide bonds. The van der Waals surface area contributed by atoms with Crippen LogP contribution >= 0.6 is 27.7 Å². The lowest BCUT2D eigenvalue weighted by molar-refractivity contribution is -0.118. The Bertz CT molecular complexity index is 712. The van der Waals surface area contributed by atoms with Gasteiger partial charge in [0.15, 0.2) is 5.17 Å². The lowest BCUT2D eigenvalue weighted by Crippen LogP contribution is -2.21. The highest BCUT2D eigenvalue weighted by Crippen LogP contribution is 2.34. The molecule has 1 aliphatic heterocycles. The number of carbonyl (C=O) groups excluding carboxylic acids is 1. The Morgan fingerprint density at radius 3 is 2.86 bits per heavy atom. The molecule has 6 nitrogen and oxygen atoms in total. The third-order valence-corrected chi connectivity index (χ3v) is 4.52. The minimum absolute atomic E-state index is 0.0807. The average molecular weight is 364 g/mol. The van der Waals surface area contributed by atoms with Gasteiger partial charge >= 0.3 is 0 Å². The fourth-order valence-electron chi connectivity index (χ4n) is 1.77. The van der Waals surface area contributed by atoms with E-state index >= 15 is 0 Å². The van der Waals surface area contributed by atoms with Crippen LogP contribution in [-0.2, 0) is 4.79 Å². The van der Waals surface area contributed by atoms with E-state index in [9.17, 15) is 4.79 Å². The highest BCUT2D eigenvalue weighted by atomic mass is 79.9. The second kappa shape index (κ2) is 6.23. The molecule has 0 bridgehead atoms. The number of thioether (sulfide) groups is 1. The quantitative estimate of drug-likeness (QED) is 0.648. The summed E-state index contributed by atoms with van der Waals surface area (Å²) in [5.74, 6) is -0.0807. The average Bonchev–Trinajstić information content (AvgIpc) is 3.06. The molecule has 0 spiro atoms. The first-order chi connectivity index (χ1) is 10.2. The summed E-state index contributed by atoms with van der Waals surface area (Å²) < 4.78 is 0.803. The molecule has 21 heavy (non-hydrogen) atoms. The first kappa shape index (κ1) is 14.0. The zero-order valence-corrected chi connectivity index (χ0v) is 13.1. The van der Waals surface area contributed by atoms with Crippen molar-refractivity contribution < 1.29 is 4.79 Å². The van der Waals surface area contributed by atoms with Gasteiger partial charge in [0.2, 0.25) is 5.91 Å². The van der Waals surface area contributed by atoms with Gasteiger partial charge in [-0.2, -0.15) is 10.2 Å². The monoisotopic (exact) mass is 363 g/mol. The van der Waals surface area contributed by atoms with Gasteiger partial charge < -0.3 is 5.32 Å². The van der Waals surface area contributed by atoms with E-state index in [0.29, 0.717) is 10.9 Å². The summed E-state index contributed by atoms with van der Waals surface area (Å²) in [5.41, 5.74) is 1.67. The van der Waals surface area contributed by atoms with Crippen LogP contribution in [0.4, 0.5) is 0 Å². The second-order valence-corrected chi connectivity index (χ2v) is 6.13. The van der Waals surface area contributed by atoms with Crippen LogP contribution in [0.1, 0.15) is 16.5 Å². The Morgan fingerprint density at radius 2 is 2.14 bits per heavy atom. The summed E-state index contributed by atoms with van der Waals surface area (Å²) >= 11 is 4.67. The Kier molecular flexibility index (Phi) is 4.16. The molecular formula is C13H10BrN5OS. The molecule has 1 saturated heterocycles. The zero-order valence-electron chi connectivity index (χ0n) is 10.7. The van der Waals surface area contributed by atoms with E-state index in [0.717, 1.165) is 10.0 Å². The van der Waals surface area contributed by atoms with Crippen LogP contribution in [0.2, 0.25) is 0 Å². The van der Waals surface area contributed by atoms with Gasteiger partial charge in [-0.15, -0.1) is 5.10 Å². The number of amides is 1. The number of carbonyl (C=O) groups is 1. The molecular weight excluding hydrogens is 354 g/mol. The summed E-state index contributed by atoms with van der Waals surface area (Å²) in [6, 6.07) is 9.58. The van der Waals surface area contributed by atoms with Crippen LogP contribution < -0.4 is 5.32 Å². The molecule has 0 radical (unpaired) electrons. The number of H-pyrrole nitrogens is 1. The Morgan fingerprint density at radius 1 is 1.33 bits per heavy atom. The number of hydrogen-bond acceptors (Lipinski definition) is 5. The fourth-order valence-corrected chi connectivity index (χ4v) is 3.00. The lowest BCUT2D eigenvalue weighted by atomic mass is 10.1. The van der Waals surface area contributed by atoms with Crippen LogP contribution in [0, 0.1) is 0 Å². The number of benzene rings is 1. The van der Waals surface area contributed by atoms with Gasteiger partial charge in [0.05, 0.1) is 22.6 Å². The largest absolute Gasteiger partial charge is 0.302 e. The van der Waals surface area contributed by atoms with Gasteiger partial charge in [-0.25, -0.2) is 0 Å². The first-order valence-electron chi connectivity index (χ1n) is 6.06. The van der Waals surface area contributed by atoms with E-state index in [1.807, 2.05) is 30.3 Å². The third-order valence-electron chi connectivity index (χ3n) is 2.76. The maximum absolute atomic E-state index is 11.9. The molecule has 3 rings (SSSR count). The number of nitrogens with one attached hydrogen (secondary N) is 2. The highest BCUT2D eigenvalue weighted by molar-refractivity contribution is 9.10. The van der Waals surface area contributed by atoms with E-state index in [4.69, 9.17) is 0 Å². The maximum atomic E-state index is 11.9. The highest BCUT2D eigenvalue weighted by Gasteiger charge is 2.31. The molecule has 1 atom stereocenters. The summed E-state index contributed by atoms with van der Waals surface area (Å²) in [4.78, 5) is 11.9. The number of amidine groups is 1. The van der Waals surface area contributed by atoms with E-state index in [1.165, 1.54) is 18.0 Å². The van der Waals surface area contributed by atoms with Crippen molar-refractivity contribution in [2.75, 3.05) is 0 Å². The maximum Gasteiger partial charge on any atom is 0.244 e. The van der Waals surface area contributed by atoms with Gasteiger partial charge in [-0.3, -0.25) is 9.89 Å². The van der Waals surface area contributed by atoms with Crippen molar-refractivity contribution in [3.63, 3.8) is 0 Å². The van der Waals surface area contributed by atoms with Crippen molar-refractivity contribution in [3.8, 4) is 0 Å². The van der Waals surface area contributed by atoms with Gasteiger partial charge in [0.1, 0.15) is 5.25 Å². The molecule has 2 aromatic rings. The minimum Gasteiger partial charge on any atom is -0.302 e. The fraction of sp³-hybridized carbons (Fsp3) is 0.0769. The number of aromatic nitrogens is 2. The minimum atomic E-state index is -0.279. The van der Waals surface area contributed by atoms with Crippen LogP contribution in [0.25, 0.3) is 0 Å². The molecule has 1 aromatic heterocycles. The van der Waals surface area contributed by atoms with Crippen LogP contribution in [0.15, 0.2) is 51.2 Å². The molecule has 1 aromatic carbocycles. The normalized spacial score (nSPS) is 20.3. The number of halogens is 1. The van der Waals surface area contributed by atoms with Crippen molar-refractivity contribution in [2.45, 2.75) is 5.25 Å². The van der Waals surface area contributed by atoms with E-state index in [2.05, 4.69) is 41.6 Å². The van der Waals surface area contributed by atoms with E-state index in [-0.39, 0.29) is 11.2 Å². The van der Waals surface area contributed by atoms with Crippen molar-refractivity contribution in [1.82, 2.24) is 15.5 Å². The molecule has 106 valence electrons. The number of nitrogens with zero attached hydrogens (tertiary/aromatic N) is 3. The van der Waals surface area contributed by atoms with Gasteiger partial charge in [-0.1, -0.05) is 42.1 Å². The summed E-state index contributed by atoms with van der Waals surface area (Å²) in [6.07, 6.45) is 3.17. The second-order valence-electron chi connectivity index (χ2n) is 4.18. The van der Waals surface area contributed by atoms with Crippen LogP contribution in [0.5, 0.6) is 0 Å². The van der Waals surface area contributed by atoms with Crippen molar-refractivity contribution in [1.29, 1.82) is 0 Å². The summed E-state index contributed by atoms with van der Waals surface area (Å²) in [5, 5.41) is 17.5. The Labute approximate surface area is 133 Å². The molecule has 1 aliphatic rings. The van der Waals surface area contributed by atoms with Gasteiger partial charge in [0, 0.05) is 0 Å². The number of rotatable bonds is 3. The van der Waals surface area contributed by atoms with Crippen LogP contribution in [-0.4, -0.2) is 27.5 Å². The standard InChI is InChI=1S/C13H10BrN5OS/c14-9-6-15-18-10(9)7-16-19-13-17-12(20)11(21-13)8-4-2-1-3-5-8/h1-7,11H,(H,15,18)(H,17,19,20)/b16-7+/t11-/m0/s1. The van der Waals surface area contributed by atoms with E-state index in [1.54, 1.807) is 6.20 Å². The van der Waals surface area contributed by atoms with Gasteiger partial charge in [-0.05, 0) is 21.5 Å². The predicted molar refractivity (Wildman–Crippen MR) is 86.2 cm³/mol. The Balaban J connectivity index is 1.71. The zero-order chi connectivity index (χ0) is 14.7. The van der Waals surface area contributed by atoms with Gasteiger partial charge in [0.25, 0.3) is 0 Å². The molecule has 0 unspecified atom stereocenters. The van der Waals surface area contributed by atoms with Crippen molar-refractivity contribution in [3.05, 3.63) is 52.3 Å². The molecule has 0 aliphatic carbocycles. The summed E-state index contributed by atoms with van der Waals surface area (Å²) in [7, 11) is 0. The molecule has 2 N–H and O–H groups in total. The Hall–Kier alpha value is -1.93. The molecule has 0 saturated carbocycles. The number of aromatic amines is 1. The topological polar surface area (TPSA) is 82.5 Å². The molecule has 8 heteroatoms. The SMILES string of the molecule is O=C1N/C(=N\N=C\c2[nH]ncc2Br)S[C@H]1c1ccccc1. The van der Waals surface area contributed by atoms with Crippen molar-refractivity contribution >= 4 is 45.0 Å².